The fourth-order valence-electron chi connectivity index (χ4n) is 5.79. The minimum absolute atomic E-state index is 0.135. The Balaban J connectivity index is 1.35. The summed E-state index contributed by atoms with van der Waals surface area (Å²) in [4.78, 5) is 13.1. The molecule has 0 saturated heterocycles. The average molecular weight is 353 g/mol. The van der Waals surface area contributed by atoms with Gasteiger partial charge in [0, 0.05) is 5.56 Å². The molecule has 2 aromatic rings. The number of hydrogen-bond donors (Lipinski definition) is 1. The molecule has 4 fully saturated rings. The van der Waals surface area contributed by atoms with E-state index in [2.05, 4.69) is 34.6 Å². The largest absolute Gasteiger partial charge is 0.300 e. The zero-order valence-corrected chi connectivity index (χ0v) is 15.3. The van der Waals surface area contributed by atoms with Crippen LogP contribution in [-0.4, -0.2) is 16.1 Å². The number of aryl methyl sites for hydroxylation is 1. The molecule has 4 aliphatic carbocycles. The molecule has 6 rings (SSSR count). The molecule has 1 heterocycles. The van der Waals surface area contributed by atoms with E-state index in [4.69, 9.17) is 0 Å². The van der Waals surface area contributed by atoms with Crippen LogP contribution in [0.25, 0.3) is 10.6 Å². The summed E-state index contributed by atoms with van der Waals surface area (Å²) < 4.78 is 0. The van der Waals surface area contributed by atoms with E-state index in [1.807, 2.05) is 12.1 Å². The number of nitrogens with one attached hydrogen (secondary N) is 1. The van der Waals surface area contributed by atoms with Gasteiger partial charge < -0.3 is 5.32 Å². The summed E-state index contributed by atoms with van der Waals surface area (Å²) >= 11 is 1.47. The topological polar surface area (TPSA) is 54.9 Å². The summed E-state index contributed by atoms with van der Waals surface area (Å²) in [5.74, 6) is 2.51. The Kier molecular flexibility index (Phi) is 3.49. The number of anilines is 1. The van der Waals surface area contributed by atoms with Gasteiger partial charge in [0.05, 0.1) is 5.41 Å². The number of rotatable bonds is 3. The Morgan fingerprint density at radius 1 is 1.12 bits per heavy atom. The van der Waals surface area contributed by atoms with Crippen molar-refractivity contribution in [1.29, 1.82) is 0 Å². The molecule has 4 saturated carbocycles. The number of aromatic nitrogens is 2. The zero-order valence-electron chi connectivity index (χ0n) is 14.5. The summed E-state index contributed by atoms with van der Waals surface area (Å²) in [5.41, 5.74) is 2.13. The first-order chi connectivity index (χ1) is 12.1. The first kappa shape index (κ1) is 15.5. The first-order valence-corrected chi connectivity index (χ1v) is 10.1. The zero-order chi connectivity index (χ0) is 17.0. The van der Waals surface area contributed by atoms with Crippen molar-refractivity contribution in [3.05, 3.63) is 29.8 Å². The van der Waals surface area contributed by atoms with Crippen LogP contribution in [0.2, 0.25) is 0 Å². The van der Waals surface area contributed by atoms with E-state index < -0.39 is 0 Å². The van der Waals surface area contributed by atoms with Crippen molar-refractivity contribution >= 4 is 22.4 Å². The summed E-state index contributed by atoms with van der Waals surface area (Å²) in [6.07, 6.45) is 7.28. The van der Waals surface area contributed by atoms with Crippen LogP contribution in [0.15, 0.2) is 24.3 Å². The van der Waals surface area contributed by atoms with Gasteiger partial charge in [-0.1, -0.05) is 35.1 Å². The third kappa shape index (κ3) is 2.69. The van der Waals surface area contributed by atoms with Crippen molar-refractivity contribution < 1.29 is 4.79 Å². The van der Waals surface area contributed by atoms with Gasteiger partial charge in [0.25, 0.3) is 0 Å². The van der Waals surface area contributed by atoms with Crippen LogP contribution >= 0.6 is 11.3 Å². The maximum Gasteiger partial charge on any atom is 0.232 e. The second-order valence-electron chi connectivity index (χ2n) is 8.43. The van der Waals surface area contributed by atoms with Crippen LogP contribution in [-0.2, 0) is 4.79 Å². The summed E-state index contributed by atoms with van der Waals surface area (Å²) in [6.45, 7) is 2.07. The molecule has 1 aromatic heterocycles. The van der Waals surface area contributed by atoms with Gasteiger partial charge in [-0.25, -0.2) is 0 Å². The predicted molar refractivity (Wildman–Crippen MR) is 99.3 cm³/mol. The monoisotopic (exact) mass is 353 g/mol. The molecule has 0 spiro atoms. The van der Waals surface area contributed by atoms with Gasteiger partial charge in [-0.2, -0.15) is 0 Å². The van der Waals surface area contributed by atoms with Crippen LogP contribution in [0, 0.1) is 30.1 Å². The quantitative estimate of drug-likeness (QED) is 0.872. The van der Waals surface area contributed by atoms with Crippen molar-refractivity contribution in [2.24, 2.45) is 23.2 Å². The molecule has 4 bridgehead atoms. The van der Waals surface area contributed by atoms with Gasteiger partial charge in [0.2, 0.25) is 11.0 Å². The third-order valence-electron chi connectivity index (χ3n) is 6.43. The van der Waals surface area contributed by atoms with Gasteiger partial charge >= 0.3 is 0 Å². The highest BCUT2D eigenvalue weighted by Crippen LogP contribution is 2.60. The number of carbonyl (C=O) groups is 1. The van der Waals surface area contributed by atoms with Gasteiger partial charge in [-0.05, 0) is 69.3 Å². The number of benzene rings is 1. The third-order valence-corrected chi connectivity index (χ3v) is 7.32. The average Bonchev–Trinajstić information content (AvgIpc) is 3.02. The fraction of sp³-hybridized carbons (Fsp3) is 0.550. The highest BCUT2D eigenvalue weighted by molar-refractivity contribution is 7.18. The lowest BCUT2D eigenvalue weighted by atomic mass is 9.49. The van der Waals surface area contributed by atoms with Gasteiger partial charge in [-0.15, -0.1) is 10.2 Å². The summed E-state index contributed by atoms with van der Waals surface area (Å²) in [7, 11) is 0. The molecule has 5 heteroatoms. The van der Waals surface area contributed by atoms with Crippen LogP contribution in [0.5, 0.6) is 0 Å². The predicted octanol–water partition coefficient (Wildman–Crippen LogP) is 4.67. The van der Waals surface area contributed by atoms with Crippen molar-refractivity contribution in [3.63, 3.8) is 0 Å². The molecule has 130 valence electrons. The number of hydrogen-bond acceptors (Lipinski definition) is 4. The van der Waals surface area contributed by atoms with E-state index in [1.165, 1.54) is 36.2 Å². The van der Waals surface area contributed by atoms with Crippen LogP contribution in [0.4, 0.5) is 5.13 Å². The summed E-state index contributed by atoms with van der Waals surface area (Å²) in [5, 5.41) is 13.1. The van der Waals surface area contributed by atoms with Crippen molar-refractivity contribution in [1.82, 2.24) is 10.2 Å². The smallest absolute Gasteiger partial charge is 0.232 e. The van der Waals surface area contributed by atoms with E-state index in [0.29, 0.717) is 5.13 Å². The molecule has 0 unspecified atom stereocenters. The number of carbonyl (C=O) groups excluding carboxylic acids is 1. The normalized spacial score (nSPS) is 32.8. The van der Waals surface area contributed by atoms with E-state index in [-0.39, 0.29) is 11.3 Å². The number of nitrogens with zero attached hydrogens (tertiary/aromatic N) is 2. The molecule has 0 radical (unpaired) electrons. The molecule has 1 N–H and O–H groups in total. The summed E-state index contributed by atoms with van der Waals surface area (Å²) in [6, 6.07) is 8.24. The standard InChI is InChI=1S/C20H23N3OS/c1-12-3-2-4-16(5-12)17-22-23-19(25-17)21-18(24)20-9-13-6-14(10-20)8-15(7-13)11-20/h2-5,13-15H,6-11H2,1H3,(H,21,23,24). The van der Waals surface area contributed by atoms with E-state index >= 15 is 0 Å². The molecule has 1 amide bonds. The van der Waals surface area contributed by atoms with E-state index in [0.717, 1.165) is 47.6 Å². The second kappa shape index (κ2) is 5.63. The SMILES string of the molecule is Cc1cccc(-c2nnc(NC(=O)C34CC5CC(CC(C5)C3)C4)s2)c1. The van der Waals surface area contributed by atoms with Crippen LogP contribution in [0.3, 0.4) is 0 Å². The lowest BCUT2D eigenvalue weighted by molar-refractivity contribution is -0.140. The Morgan fingerprint density at radius 2 is 1.80 bits per heavy atom. The Labute approximate surface area is 152 Å². The Morgan fingerprint density at radius 3 is 2.44 bits per heavy atom. The van der Waals surface area contributed by atoms with E-state index in [9.17, 15) is 4.79 Å². The fourth-order valence-corrected chi connectivity index (χ4v) is 6.52. The first-order valence-electron chi connectivity index (χ1n) is 9.32. The molecule has 0 atom stereocenters. The van der Waals surface area contributed by atoms with Crippen molar-refractivity contribution in [2.75, 3.05) is 5.32 Å². The lowest BCUT2D eigenvalue weighted by Gasteiger charge is -2.55. The molecule has 4 aliphatic rings. The minimum atomic E-state index is -0.135. The van der Waals surface area contributed by atoms with Crippen molar-refractivity contribution in [2.45, 2.75) is 45.4 Å². The second-order valence-corrected chi connectivity index (χ2v) is 9.41. The molecule has 25 heavy (non-hydrogen) atoms. The van der Waals surface area contributed by atoms with Crippen LogP contribution in [0.1, 0.15) is 44.1 Å². The highest BCUT2D eigenvalue weighted by Gasteiger charge is 2.54. The highest BCUT2D eigenvalue weighted by atomic mass is 32.1. The Hall–Kier alpha value is -1.75. The van der Waals surface area contributed by atoms with Gasteiger partial charge in [-0.3, -0.25) is 4.79 Å². The van der Waals surface area contributed by atoms with E-state index in [1.54, 1.807) is 0 Å². The molecule has 1 aromatic carbocycles. The maximum absolute atomic E-state index is 13.1. The molecule has 4 nitrogen and oxygen atoms in total. The lowest BCUT2D eigenvalue weighted by Crippen LogP contribution is -2.51. The van der Waals surface area contributed by atoms with Crippen molar-refractivity contribution in [3.8, 4) is 10.6 Å². The number of amides is 1. The minimum Gasteiger partial charge on any atom is -0.300 e. The molecular formula is C20H23N3OS. The molecular weight excluding hydrogens is 330 g/mol. The van der Waals surface area contributed by atoms with Gasteiger partial charge in [0.1, 0.15) is 5.01 Å². The van der Waals surface area contributed by atoms with Crippen LogP contribution < -0.4 is 5.32 Å². The van der Waals surface area contributed by atoms with Gasteiger partial charge in [0.15, 0.2) is 0 Å². The maximum atomic E-state index is 13.1. The molecule has 0 aliphatic heterocycles. The Bertz CT molecular complexity index is 793.